The third-order valence-electron chi connectivity index (χ3n) is 1.65. The van der Waals surface area contributed by atoms with Crippen molar-refractivity contribution in [1.82, 2.24) is 0 Å². The molecule has 0 amide bonds. The van der Waals surface area contributed by atoms with Crippen LogP contribution in [0.2, 0.25) is 0 Å². The molecular formula is C7H12F2O4S. The Hall–Kier alpha value is -0.720. The van der Waals surface area contributed by atoms with Gasteiger partial charge in [-0.1, -0.05) is 0 Å². The summed E-state index contributed by atoms with van der Waals surface area (Å²) in [5.41, 5.74) is 0. The van der Waals surface area contributed by atoms with E-state index >= 15 is 0 Å². The lowest BCUT2D eigenvalue weighted by molar-refractivity contribution is -0.140. The van der Waals surface area contributed by atoms with Crippen LogP contribution in [0, 0.1) is 0 Å². The molecule has 4 nitrogen and oxygen atoms in total. The molecule has 0 radical (unpaired) electrons. The Morgan fingerprint density at radius 1 is 1.43 bits per heavy atom. The van der Waals surface area contributed by atoms with Crippen LogP contribution in [0.25, 0.3) is 0 Å². The maximum Gasteiger partial charge on any atom is 0.306 e. The predicted octanol–water partition coefficient (Wildman–Crippen LogP) is 0.618. The molecule has 84 valence electrons. The van der Waals surface area contributed by atoms with E-state index in [0.717, 1.165) is 7.11 Å². The van der Waals surface area contributed by atoms with Crippen LogP contribution in [0.15, 0.2) is 0 Å². The quantitative estimate of drug-likeness (QED) is 0.649. The van der Waals surface area contributed by atoms with Crippen molar-refractivity contribution in [2.75, 3.05) is 12.9 Å². The molecule has 0 bridgehead atoms. The molecule has 0 rings (SSSR count). The number of hydrogen-bond donors (Lipinski definition) is 0. The summed E-state index contributed by atoms with van der Waals surface area (Å²) in [6.45, 7) is 1.20. The largest absolute Gasteiger partial charge is 0.469 e. The van der Waals surface area contributed by atoms with Crippen molar-refractivity contribution in [3.8, 4) is 0 Å². The monoisotopic (exact) mass is 230 g/mol. The Labute approximate surface area is 81.2 Å². The van der Waals surface area contributed by atoms with Crippen LogP contribution in [-0.2, 0) is 19.4 Å². The van der Waals surface area contributed by atoms with Crippen LogP contribution in [0.1, 0.15) is 13.3 Å². The Kier molecular flexibility index (Phi) is 4.96. The molecule has 0 heterocycles. The summed E-state index contributed by atoms with van der Waals surface area (Å²) in [6.07, 6.45) is -3.31. The van der Waals surface area contributed by atoms with Gasteiger partial charge in [0.25, 0.3) is 6.43 Å². The molecule has 0 aliphatic heterocycles. The topological polar surface area (TPSA) is 60.4 Å². The molecular weight excluding hydrogens is 218 g/mol. The highest BCUT2D eigenvalue weighted by atomic mass is 32.2. The number of carbonyl (C=O) groups is 1. The summed E-state index contributed by atoms with van der Waals surface area (Å²) in [4.78, 5) is 10.7. The van der Waals surface area contributed by atoms with Crippen LogP contribution in [0.5, 0.6) is 0 Å². The molecule has 7 heteroatoms. The first kappa shape index (κ1) is 13.3. The van der Waals surface area contributed by atoms with Crippen LogP contribution in [0.3, 0.4) is 0 Å². The molecule has 1 atom stereocenters. The molecule has 0 fully saturated rings. The summed E-state index contributed by atoms with van der Waals surface area (Å²) in [7, 11) is -2.81. The summed E-state index contributed by atoms with van der Waals surface area (Å²) in [5.74, 6) is -1.94. The van der Waals surface area contributed by atoms with Crippen LogP contribution >= 0.6 is 0 Å². The van der Waals surface area contributed by atoms with Gasteiger partial charge in [-0.3, -0.25) is 4.79 Å². The number of halogens is 2. The van der Waals surface area contributed by atoms with Gasteiger partial charge in [-0.25, -0.2) is 17.2 Å². The molecule has 0 saturated heterocycles. The van der Waals surface area contributed by atoms with E-state index in [1.54, 1.807) is 0 Å². The van der Waals surface area contributed by atoms with Crippen LogP contribution in [-0.4, -0.2) is 38.9 Å². The first-order valence-corrected chi connectivity index (χ1v) is 5.57. The van der Waals surface area contributed by atoms with Crippen molar-refractivity contribution in [2.24, 2.45) is 0 Å². The number of ether oxygens (including phenoxy) is 1. The van der Waals surface area contributed by atoms with Crippen molar-refractivity contribution >= 4 is 15.8 Å². The SMILES string of the molecule is COC(=O)CC(C)S(=O)(=O)CC(F)F. The minimum atomic E-state index is -3.92. The third-order valence-corrected chi connectivity index (χ3v) is 3.76. The number of esters is 1. The Balaban J connectivity index is 4.36. The molecule has 0 N–H and O–H groups in total. The standard InChI is InChI=1S/C7H12F2O4S/c1-5(3-7(10)13-2)14(11,12)4-6(8)9/h5-6H,3-4H2,1-2H3. The first-order valence-electron chi connectivity index (χ1n) is 3.86. The van der Waals surface area contributed by atoms with Crippen molar-refractivity contribution < 1.29 is 26.7 Å². The second-order valence-corrected chi connectivity index (χ2v) is 5.28. The maximum absolute atomic E-state index is 11.8. The summed E-state index contributed by atoms with van der Waals surface area (Å²) >= 11 is 0. The molecule has 0 aromatic heterocycles. The van der Waals surface area contributed by atoms with Gasteiger partial charge in [0.2, 0.25) is 0 Å². The number of carbonyl (C=O) groups excluding carboxylic acids is 1. The fourth-order valence-electron chi connectivity index (χ4n) is 0.785. The number of hydrogen-bond acceptors (Lipinski definition) is 4. The average Bonchev–Trinajstić information content (AvgIpc) is 2.01. The average molecular weight is 230 g/mol. The molecule has 0 aliphatic rings. The van der Waals surface area contributed by atoms with Crippen LogP contribution in [0.4, 0.5) is 8.78 Å². The number of rotatable bonds is 5. The van der Waals surface area contributed by atoms with Crippen molar-refractivity contribution in [3.63, 3.8) is 0 Å². The van der Waals surface area contributed by atoms with E-state index < -0.39 is 39.7 Å². The molecule has 0 saturated carbocycles. The van der Waals surface area contributed by atoms with Crippen molar-refractivity contribution in [3.05, 3.63) is 0 Å². The van der Waals surface area contributed by atoms with E-state index in [1.165, 1.54) is 6.92 Å². The molecule has 0 aromatic rings. The lowest BCUT2D eigenvalue weighted by atomic mass is 10.3. The van der Waals surface area contributed by atoms with Gasteiger partial charge in [0.1, 0.15) is 5.75 Å². The van der Waals surface area contributed by atoms with E-state index in [-0.39, 0.29) is 0 Å². The summed E-state index contributed by atoms with van der Waals surface area (Å²) in [5, 5.41) is -1.14. The summed E-state index contributed by atoms with van der Waals surface area (Å²) in [6, 6.07) is 0. The zero-order chi connectivity index (χ0) is 11.4. The normalized spacial score (nSPS) is 14.1. The molecule has 14 heavy (non-hydrogen) atoms. The Morgan fingerprint density at radius 2 is 1.93 bits per heavy atom. The van der Waals surface area contributed by atoms with Gasteiger partial charge in [0, 0.05) is 0 Å². The second kappa shape index (κ2) is 5.23. The highest BCUT2D eigenvalue weighted by Crippen LogP contribution is 2.10. The molecule has 0 aliphatic carbocycles. The minimum absolute atomic E-state index is 0.397. The number of methoxy groups -OCH3 is 1. The Bertz CT molecular complexity index is 286. The van der Waals surface area contributed by atoms with Crippen molar-refractivity contribution in [2.45, 2.75) is 25.0 Å². The smallest absolute Gasteiger partial charge is 0.306 e. The fourth-order valence-corrected chi connectivity index (χ4v) is 1.85. The van der Waals surface area contributed by atoms with E-state index in [9.17, 15) is 22.0 Å². The lowest BCUT2D eigenvalue weighted by Gasteiger charge is -2.10. The van der Waals surface area contributed by atoms with E-state index in [0.29, 0.717) is 0 Å². The zero-order valence-electron chi connectivity index (χ0n) is 7.87. The van der Waals surface area contributed by atoms with Crippen LogP contribution < -0.4 is 0 Å². The summed E-state index contributed by atoms with van der Waals surface area (Å²) < 4.78 is 50.1. The van der Waals surface area contributed by atoms with Crippen molar-refractivity contribution in [1.29, 1.82) is 0 Å². The lowest BCUT2D eigenvalue weighted by Crippen LogP contribution is -2.27. The second-order valence-electron chi connectivity index (χ2n) is 2.81. The van der Waals surface area contributed by atoms with Gasteiger partial charge in [0.15, 0.2) is 9.84 Å². The maximum atomic E-state index is 11.8. The first-order chi connectivity index (χ1) is 6.29. The van der Waals surface area contributed by atoms with E-state index in [4.69, 9.17) is 0 Å². The van der Waals surface area contributed by atoms with Gasteiger partial charge >= 0.3 is 5.97 Å². The van der Waals surface area contributed by atoms with Gasteiger partial charge in [-0.15, -0.1) is 0 Å². The third kappa shape index (κ3) is 4.50. The van der Waals surface area contributed by atoms with E-state index in [1.807, 2.05) is 0 Å². The van der Waals surface area contributed by atoms with Gasteiger partial charge in [0.05, 0.1) is 18.8 Å². The fraction of sp³-hybridized carbons (Fsp3) is 0.857. The minimum Gasteiger partial charge on any atom is -0.469 e. The van der Waals surface area contributed by atoms with Gasteiger partial charge < -0.3 is 4.74 Å². The molecule has 0 aromatic carbocycles. The predicted molar refractivity (Wildman–Crippen MR) is 45.9 cm³/mol. The zero-order valence-corrected chi connectivity index (χ0v) is 8.68. The Morgan fingerprint density at radius 3 is 2.29 bits per heavy atom. The molecule has 0 spiro atoms. The molecule has 1 unspecified atom stereocenters. The number of alkyl halides is 2. The highest BCUT2D eigenvalue weighted by Gasteiger charge is 2.27. The van der Waals surface area contributed by atoms with Gasteiger partial charge in [-0.2, -0.15) is 0 Å². The number of sulfone groups is 1. The van der Waals surface area contributed by atoms with Gasteiger partial charge in [-0.05, 0) is 6.92 Å². The van der Waals surface area contributed by atoms with E-state index in [2.05, 4.69) is 4.74 Å². The highest BCUT2D eigenvalue weighted by molar-refractivity contribution is 7.92.